The van der Waals surface area contributed by atoms with Gasteiger partial charge in [0.1, 0.15) is 23.1 Å². The minimum Gasteiger partial charge on any atom is -0.494 e. The zero-order valence-electron chi connectivity index (χ0n) is 37.0. The van der Waals surface area contributed by atoms with Crippen LogP contribution in [0.4, 0.5) is 0 Å². The first-order valence-electron chi connectivity index (χ1n) is 23.1. The van der Waals surface area contributed by atoms with Gasteiger partial charge in [-0.1, -0.05) is 89.8 Å². The van der Waals surface area contributed by atoms with Crippen LogP contribution in [0.2, 0.25) is 0 Å². The van der Waals surface area contributed by atoms with Crippen molar-refractivity contribution < 1.29 is 9.47 Å². The average molecular weight is 811 g/mol. The molecule has 2 heterocycles. The van der Waals surface area contributed by atoms with Crippen LogP contribution in [0, 0.1) is 0 Å². The number of hydrogen-bond donors (Lipinski definition) is 0. The van der Waals surface area contributed by atoms with Crippen molar-refractivity contribution in [2.24, 2.45) is 0 Å². The molecule has 6 rings (SSSR count). The summed E-state index contributed by atoms with van der Waals surface area (Å²) in [5.41, 5.74) is 6.38. The fourth-order valence-corrected chi connectivity index (χ4v) is 7.88. The molecule has 0 aliphatic rings. The molecule has 0 amide bonds. The summed E-state index contributed by atoms with van der Waals surface area (Å²) in [5.74, 6) is 3.72. The van der Waals surface area contributed by atoms with Gasteiger partial charge in [-0.2, -0.15) is 0 Å². The van der Waals surface area contributed by atoms with Crippen LogP contribution in [-0.4, -0.2) is 81.4 Å². The van der Waals surface area contributed by atoms with Gasteiger partial charge >= 0.3 is 0 Å². The monoisotopic (exact) mass is 811 g/mol. The summed E-state index contributed by atoms with van der Waals surface area (Å²) in [4.78, 5) is 15.4. The Morgan fingerprint density at radius 3 is 1.17 bits per heavy atom. The number of para-hydroxylation sites is 4. The highest BCUT2D eigenvalue weighted by Gasteiger charge is 2.14. The van der Waals surface area contributed by atoms with Crippen LogP contribution in [0.3, 0.4) is 0 Å². The van der Waals surface area contributed by atoms with Gasteiger partial charge in [0.05, 0.1) is 35.3 Å². The molecule has 8 nitrogen and oxygen atoms in total. The van der Waals surface area contributed by atoms with Crippen LogP contribution < -0.4 is 9.47 Å². The lowest BCUT2D eigenvalue weighted by Crippen LogP contribution is -2.28. The number of ether oxygens (including phenoxy) is 2. The minimum absolute atomic E-state index is 0.698. The van der Waals surface area contributed by atoms with Gasteiger partial charge < -0.3 is 28.4 Å². The van der Waals surface area contributed by atoms with E-state index >= 15 is 0 Å². The highest BCUT2D eigenvalue weighted by molar-refractivity contribution is 5.82. The van der Waals surface area contributed by atoms with E-state index < -0.39 is 0 Å². The molecule has 0 saturated heterocycles. The van der Waals surface area contributed by atoms with E-state index in [2.05, 4.69) is 156 Å². The molecule has 0 saturated carbocycles. The second kappa shape index (κ2) is 24.4. The standard InChI is InChI=1S/C52H70N6O2/c1-5-9-33-55(34-10-6-2)37-19-41-59-45-29-25-43(26-30-45)51-53-47-21-13-15-23-49(47)57(51)39-17-18-40-58-50-24-16-14-22-48(50)54-52(58)44-27-31-46(32-28-44)60-42-20-38-56(35-11-7-3)36-12-8-4/h13-18,21-32H,5-12,19-20,33-42H2,1-4H3. The summed E-state index contributed by atoms with van der Waals surface area (Å²) in [5, 5.41) is 0. The molecule has 6 aromatic rings. The van der Waals surface area contributed by atoms with Crippen LogP contribution in [-0.2, 0) is 13.1 Å². The van der Waals surface area contributed by atoms with Gasteiger partial charge in [0.25, 0.3) is 0 Å². The molecule has 0 bridgehead atoms. The Labute approximate surface area is 360 Å². The molecule has 0 fully saturated rings. The van der Waals surface area contributed by atoms with Gasteiger partial charge in [-0.05, 0) is 138 Å². The molecule has 4 aromatic carbocycles. The first-order valence-corrected chi connectivity index (χ1v) is 23.1. The highest BCUT2D eigenvalue weighted by atomic mass is 16.5. The first-order chi connectivity index (χ1) is 29.6. The lowest BCUT2D eigenvalue weighted by Gasteiger charge is -2.21. The fourth-order valence-electron chi connectivity index (χ4n) is 7.88. The molecule has 0 unspecified atom stereocenters. The molecular formula is C52H70N6O2. The largest absolute Gasteiger partial charge is 0.494 e. The zero-order valence-corrected chi connectivity index (χ0v) is 37.0. The van der Waals surface area contributed by atoms with E-state index in [1.807, 2.05) is 0 Å². The Hall–Kier alpha value is -4.92. The van der Waals surface area contributed by atoms with E-state index in [1.165, 1.54) is 77.5 Å². The van der Waals surface area contributed by atoms with Gasteiger partial charge in [0.15, 0.2) is 0 Å². The van der Waals surface area contributed by atoms with Crippen molar-refractivity contribution >= 4 is 22.1 Å². The zero-order chi connectivity index (χ0) is 41.8. The predicted octanol–water partition coefficient (Wildman–Crippen LogP) is 12.3. The third-order valence-corrected chi connectivity index (χ3v) is 11.4. The summed E-state index contributed by atoms with van der Waals surface area (Å²) in [7, 11) is 0. The number of imidazole rings is 2. The SMILES string of the molecule is CCCCN(CCCC)CCCOc1ccc(-c2nc3ccccc3n2CC=CCn2c(-c3ccc(OCCCN(CCCC)CCCC)cc3)nc3ccccc32)cc1. The van der Waals surface area contributed by atoms with E-state index in [-0.39, 0.29) is 0 Å². The molecule has 0 atom stereocenters. The molecule has 8 heteroatoms. The van der Waals surface area contributed by atoms with E-state index in [0.717, 1.165) is 95.5 Å². The number of nitrogens with zero attached hydrogens (tertiary/aromatic N) is 6. The molecule has 320 valence electrons. The number of aromatic nitrogens is 4. The summed E-state index contributed by atoms with van der Waals surface area (Å²) in [6.45, 7) is 18.9. The van der Waals surface area contributed by atoms with Gasteiger partial charge in [-0.15, -0.1) is 0 Å². The van der Waals surface area contributed by atoms with E-state index in [1.54, 1.807) is 0 Å². The number of allylic oxidation sites excluding steroid dienone is 2. The van der Waals surface area contributed by atoms with Crippen LogP contribution in [0.5, 0.6) is 11.5 Å². The molecule has 0 N–H and O–H groups in total. The van der Waals surface area contributed by atoms with Gasteiger partial charge in [0.2, 0.25) is 0 Å². The van der Waals surface area contributed by atoms with Crippen LogP contribution >= 0.6 is 0 Å². The summed E-state index contributed by atoms with van der Waals surface area (Å²) >= 11 is 0. The van der Waals surface area contributed by atoms with Crippen molar-refractivity contribution in [2.45, 2.75) is 105 Å². The molecular weight excluding hydrogens is 741 g/mol. The van der Waals surface area contributed by atoms with Gasteiger partial charge in [-0.25, -0.2) is 9.97 Å². The van der Waals surface area contributed by atoms with Crippen molar-refractivity contribution in [3.63, 3.8) is 0 Å². The third-order valence-electron chi connectivity index (χ3n) is 11.4. The van der Waals surface area contributed by atoms with Crippen LogP contribution in [0.15, 0.2) is 109 Å². The minimum atomic E-state index is 0.698. The van der Waals surface area contributed by atoms with E-state index in [4.69, 9.17) is 19.4 Å². The molecule has 0 aliphatic carbocycles. The summed E-state index contributed by atoms with van der Waals surface area (Å²) in [6, 6.07) is 33.7. The Balaban J connectivity index is 1.09. The third kappa shape index (κ3) is 12.8. The molecule has 0 radical (unpaired) electrons. The van der Waals surface area contributed by atoms with Crippen molar-refractivity contribution in [1.82, 2.24) is 28.9 Å². The van der Waals surface area contributed by atoms with Gasteiger partial charge in [-0.3, -0.25) is 0 Å². The van der Waals surface area contributed by atoms with Crippen molar-refractivity contribution in [2.75, 3.05) is 52.5 Å². The normalized spacial score (nSPS) is 11.9. The van der Waals surface area contributed by atoms with Crippen molar-refractivity contribution in [3.05, 3.63) is 109 Å². The Bertz CT molecular complexity index is 1980. The quantitative estimate of drug-likeness (QED) is 0.0363. The summed E-state index contributed by atoms with van der Waals surface area (Å²) in [6.07, 6.45) is 16.6. The first kappa shape index (κ1) is 44.6. The molecule has 60 heavy (non-hydrogen) atoms. The predicted molar refractivity (Wildman–Crippen MR) is 252 cm³/mol. The number of unbranched alkanes of at least 4 members (excludes halogenated alkanes) is 4. The fraction of sp³-hybridized carbons (Fsp3) is 0.462. The second-order valence-corrected chi connectivity index (χ2v) is 16.1. The maximum absolute atomic E-state index is 6.20. The molecule has 2 aromatic heterocycles. The topological polar surface area (TPSA) is 60.6 Å². The maximum Gasteiger partial charge on any atom is 0.141 e. The lowest BCUT2D eigenvalue weighted by atomic mass is 10.2. The van der Waals surface area contributed by atoms with Crippen molar-refractivity contribution in [3.8, 4) is 34.3 Å². The van der Waals surface area contributed by atoms with Crippen LogP contribution in [0.1, 0.15) is 91.9 Å². The second-order valence-electron chi connectivity index (χ2n) is 16.1. The number of hydrogen-bond acceptors (Lipinski definition) is 6. The highest BCUT2D eigenvalue weighted by Crippen LogP contribution is 2.29. The summed E-state index contributed by atoms with van der Waals surface area (Å²) < 4.78 is 17.0. The number of rotatable bonds is 28. The van der Waals surface area contributed by atoms with Crippen molar-refractivity contribution in [1.29, 1.82) is 0 Å². The number of fused-ring (bicyclic) bond motifs is 2. The Morgan fingerprint density at radius 1 is 0.450 bits per heavy atom. The molecule has 0 aliphatic heterocycles. The maximum atomic E-state index is 6.20. The lowest BCUT2D eigenvalue weighted by molar-refractivity contribution is 0.229. The Morgan fingerprint density at radius 2 is 0.800 bits per heavy atom. The average Bonchev–Trinajstić information content (AvgIpc) is 3.85. The van der Waals surface area contributed by atoms with E-state index in [9.17, 15) is 0 Å². The van der Waals surface area contributed by atoms with Gasteiger partial charge in [0, 0.05) is 37.3 Å². The number of benzene rings is 4. The van der Waals surface area contributed by atoms with Crippen LogP contribution in [0.25, 0.3) is 44.8 Å². The van der Waals surface area contributed by atoms with E-state index in [0.29, 0.717) is 13.1 Å². The smallest absolute Gasteiger partial charge is 0.141 e. The molecule has 0 spiro atoms. The Kier molecular flexibility index (Phi) is 18.1.